The largest absolute Gasteiger partial charge is 0.737 e. The Morgan fingerprint density at radius 2 is 1.59 bits per heavy atom. The third kappa shape index (κ3) is 2.80. The van der Waals surface area contributed by atoms with Gasteiger partial charge in [0.15, 0.2) is 29.0 Å². The van der Waals surface area contributed by atoms with Crippen molar-refractivity contribution in [3.8, 4) is 0 Å². The molecule has 2 aliphatic heterocycles. The number of aliphatic hydroxyl groups excluding tert-OH is 1. The molecule has 3 heterocycles. The number of aromatic nitrogens is 1. The van der Waals surface area contributed by atoms with E-state index >= 15 is 17.4 Å². The molecular weight excluding hydrogens is 435 g/mol. The normalized spacial score (nSPS) is 17.0. The summed E-state index contributed by atoms with van der Waals surface area (Å²) in [5.74, 6) is -6.84. The average Bonchev–Trinajstić information content (AvgIpc) is 3.19. The molecule has 4 nitrogen and oxygen atoms in total. The SMILES string of the molecule is CC1=CC(C)=[N+]2C1=C(c1c(F)c(F)c(NCCO)c(F)c1F)c1c(C)cc(C)n1[B-]2(F)F. The first-order valence-corrected chi connectivity index (χ1v) is 9.93. The molecule has 0 radical (unpaired) electrons. The van der Waals surface area contributed by atoms with Gasteiger partial charge in [-0.3, -0.25) is 0 Å². The highest BCUT2D eigenvalue weighted by molar-refractivity contribution is 6.58. The second-order valence-corrected chi connectivity index (χ2v) is 7.99. The molecule has 11 heteroatoms. The van der Waals surface area contributed by atoms with Gasteiger partial charge >= 0.3 is 6.97 Å². The topological polar surface area (TPSA) is 40.2 Å². The van der Waals surface area contributed by atoms with E-state index in [1.807, 2.05) is 0 Å². The molecule has 0 aliphatic carbocycles. The van der Waals surface area contributed by atoms with Crippen LogP contribution in [0.3, 0.4) is 0 Å². The van der Waals surface area contributed by atoms with Gasteiger partial charge in [-0.1, -0.05) is 0 Å². The van der Waals surface area contributed by atoms with Crippen LogP contribution in [0.5, 0.6) is 0 Å². The lowest BCUT2D eigenvalue weighted by atomic mass is 9.83. The van der Waals surface area contributed by atoms with E-state index in [-0.39, 0.29) is 46.1 Å². The summed E-state index contributed by atoms with van der Waals surface area (Å²) in [5, 5.41) is 11.0. The Bertz CT molecular complexity index is 1250. The highest BCUT2D eigenvalue weighted by Crippen LogP contribution is 2.46. The molecule has 2 aliphatic rings. The number of rotatable bonds is 4. The molecule has 0 saturated carbocycles. The molecule has 0 saturated heterocycles. The summed E-state index contributed by atoms with van der Waals surface area (Å²) in [6.45, 7) is 0.538. The van der Waals surface area contributed by atoms with Gasteiger partial charge in [0.1, 0.15) is 11.4 Å². The number of allylic oxidation sites excluding steroid dienone is 2. The quantitative estimate of drug-likeness (QED) is 0.405. The summed E-state index contributed by atoms with van der Waals surface area (Å²) in [6.07, 6.45) is 1.43. The smallest absolute Gasteiger partial charge is 0.395 e. The van der Waals surface area contributed by atoms with E-state index in [0.717, 1.165) is 0 Å². The summed E-state index contributed by atoms with van der Waals surface area (Å²) in [6, 6.07) is 1.43. The number of anilines is 1. The maximum atomic E-state index is 15.6. The minimum atomic E-state index is -4.42. The highest BCUT2D eigenvalue weighted by atomic mass is 19.2. The van der Waals surface area contributed by atoms with Crippen LogP contribution in [0.4, 0.5) is 31.9 Å². The monoisotopic (exact) mass is 455 g/mol. The molecular formula is C21H20BF6N3O. The summed E-state index contributed by atoms with van der Waals surface area (Å²) in [7, 11) is 0. The zero-order valence-electron chi connectivity index (χ0n) is 17.8. The molecule has 4 rings (SSSR count). The van der Waals surface area contributed by atoms with Crippen molar-refractivity contribution < 1.29 is 35.8 Å². The highest BCUT2D eigenvalue weighted by Gasteiger charge is 2.56. The van der Waals surface area contributed by atoms with E-state index in [2.05, 4.69) is 5.32 Å². The van der Waals surface area contributed by atoms with Crippen molar-refractivity contribution in [3.63, 3.8) is 0 Å². The summed E-state index contributed by atoms with van der Waals surface area (Å²) in [5.41, 5.74) is -2.05. The van der Waals surface area contributed by atoms with Gasteiger partial charge in [0.25, 0.3) is 0 Å². The molecule has 0 spiro atoms. The van der Waals surface area contributed by atoms with Gasteiger partial charge in [-0.2, -0.15) is 0 Å². The first kappa shape index (κ1) is 22.3. The first-order valence-electron chi connectivity index (χ1n) is 9.93. The fourth-order valence-electron chi connectivity index (χ4n) is 4.72. The molecule has 170 valence electrons. The number of hydrogen-bond acceptors (Lipinski definition) is 2. The Morgan fingerprint density at radius 3 is 2.16 bits per heavy atom. The van der Waals surface area contributed by atoms with Gasteiger partial charge in [0, 0.05) is 30.8 Å². The molecule has 0 fully saturated rings. The number of fused-ring (bicyclic) bond motifs is 2. The summed E-state index contributed by atoms with van der Waals surface area (Å²) >= 11 is 0. The van der Waals surface area contributed by atoms with Crippen LogP contribution in [0.15, 0.2) is 23.4 Å². The Balaban J connectivity index is 2.16. The number of benzene rings is 1. The predicted molar refractivity (Wildman–Crippen MR) is 110 cm³/mol. The molecule has 2 N–H and O–H groups in total. The molecule has 0 unspecified atom stereocenters. The Kier molecular flexibility index (Phi) is 5.07. The van der Waals surface area contributed by atoms with Crippen molar-refractivity contribution >= 4 is 23.9 Å². The van der Waals surface area contributed by atoms with Crippen LogP contribution in [-0.2, 0) is 0 Å². The number of aryl methyl sites for hydroxylation is 2. The second-order valence-electron chi connectivity index (χ2n) is 7.99. The van der Waals surface area contributed by atoms with Gasteiger partial charge in [-0.15, -0.1) is 0 Å². The van der Waals surface area contributed by atoms with Crippen LogP contribution >= 0.6 is 0 Å². The van der Waals surface area contributed by atoms with Crippen molar-refractivity contribution in [2.45, 2.75) is 27.7 Å². The summed E-state index contributed by atoms with van der Waals surface area (Å²) in [4.78, 5) is 0. The molecule has 2 aromatic rings. The number of halogens is 6. The maximum absolute atomic E-state index is 15.6. The van der Waals surface area contributed by atoms with Gasteiger partial charge in [0.05, 0.1) is 17.7 Å². The lowest BCUT2D eigenvalue weighted by Gasteiger charge is -2.34. The first-order chi connectivity index (χ1) is 14.9. The molecule has 0 atom stereocenters. The van der Waals surface area contributed by atoms with E-state index in [1.165, 1.54) is 39.8 Å². The fraction of sp³-hybridized carbons (Fsp3) is 0.286. The van der Waals surface area contributed by atoms with Crippen LogP contribution < -0.4 is 5.32 Å². The Morgan fingerprint density at radius 1 is 1.00 bits per heavy atom. The minimum absolute atomic E-state index is 0.138. The zero-order valence-corrected chi connectivity index (χ0v) is 17.8. The third-order valence-corrected chi connectivity index (χ3v) is 5.86. The maximum Gasteiger partial charge on any atom is 0.737 e. The van der Waals surface area contributed by atoms with E-state index in [9.17, 15) is 8.78 Å². The van der Waals surface area contributed by atoms with E-state index in [0.29, 0.717) is 8.96 Å². The minimum Gasteiger partial charge on any atom is -0.395 e. The van der Waals surface area contributed by atoms with Gasteiger partial charge in [-0.25, -0.2) is 17.6 Å². The molecule has 32 heavy (non-hydrogen) atoms. The van der Waals surface area contributed by atoms with Crippen LogP contribution in [-0.4, -0.2) is 39.9 Å². The summed E-state index contributed by atoms with van der Waals surface area (Å²) < 4.78 is 92.7. The van der Waals surface area contributed by atoms with E-state index in [4.69, 9.17) is 5.11 Å². The number of nitrogens with one attached hydrogen (secondary N) is 1. The van der Waals surface area contributed by atoms with Crippen LogP contribution in [0, 0.1) is 37.1 Å². The van der Waals surface area contributed by atoms with Crippen molar-refractivity contribution in [2.75, 3.05) is 18.5 Å². The second kappa shape index (κ2) is 7.30. The number of hydrogen-bond donors (Lipinski definition) is 2. The van der Waals surface area contributed by atoms with Crippen molar-refractivity contribution in [1.82, 2.24) is 4.48 Å². The average molecular weight is 455 g/mol. The lowest BCUT2D eigenvalue weighted by molar-refractivity contribution is -0.363. The fourth-order valence-corrected chi connectivity index (χ4v) is 4.72. The van der Waals surface area contributed by atoms with E-state index < -0.39 is 48.1 Å². The van der Waals surface area contributed by atoms with Gasteiger partial charge < -0.3 is 28.0 Å². The van der Waals surface area contributed by atoms with Gasteiger partial charge in [0.2, 0.25) is 0 Å². The van der Waals surface area contributed by atoms with Crippen LogP contribution in [0.1, 0.15) is 36.4 Å². The van der Waals surface area contributed by atoms with Crippen molar-refractivity contribution in [1.29, 1.82) is 0 Å². The zero-order chi connectivity index (χ0) is 23.7. The number of nitrogens with zero attached hydrogens (tertiary/aromatic N) is 2. The standard InChI is InChI=1S/C21H20BF6N3O/c1-9-7-11(3)30-20(9)14(21-10(2)8-12(4)31(21)22(30,27)28)13-15(23)17(25)19(29-5-6-32)18(26)16(13)24/h7-8,29,32H,5-6H2,1-4H3. The lowest BCUT2D eigenvalue weighted by Crippen LogP contribution is -2.51. The Labute approximate surface area is 180 Å². The molecule has 0 bridgehead atoms. The predicted octanol–water partition coefficient (Wildman–Crippen LogP) is 4.49. The molecule has 1 aromatic carbocycles. The number of aliphatic hydroxyl groups is 1. The van der Waals surface area contributed by atoms with Crippen molar-refractivity contribution in [2.24, 2.45) is 0 Å². The Hall–Kier alpha value is -2.95. The van der Waals surface area contributed by atoms with Crippen LogP contribution in [0.25, 0.3) is 5.57 Å². The van der Waals surface area contributed by atoms with Crippen molar-refractivity contribution in [3.05, 3.63) is 69.2 Å². The molecule has 1 aromatic heterocycles. The molecule has 0 amide bonds. The van der Waals surface area contributed by atoms with Gasteiger partial charge in [-0.05, 0) is 38.1 Å². The van der Waals surface area contributed by atoms with E-state index in [1.54, 1.807) is 0 Å². The third-order valence-electron chi connectivity index (χ3n) is 5.86. The van der Waals surface area contributed by atoms with Crippen LogP contribution in [0.2, 0.25) is 0 Å².